The Morgan fingerprint density at radius 3 is 2.63 bits per heavy atom. The zero-order chi connectivity index (χ0) is 29.7. The molecule has 0 amide bonds. The van der Waals surface area contributed by atoms with Gasteiger partial charge in [-0.25, -0.2) is 13.4 Å². The van der Waals surface area contributed by atoms with Gasteiger partial charge in [0.1, 0.15) is 11.5 Å². The summed E-state index contributed by atoms with van der Waals surface area (Å²) < 4.78 is 74.8. The molecule has 5 rings (SSSR count). The van der Waals surface area contributed by atoms with E-state index in [9.17, 15) is 31.5 Å². The van der Waals surface area contributed by atoms with Crippen LogP contribution in [0.5, 0.6) is 5.88 Å². The van der Waals surface area contributed by atoms with E-state index in [0.717, 1.165) is 9.96 Å². The zero-order valence-corrected chi connectivity index (χ0v) is 23.1. The van der Waals surface area contributed by atoms with E-state index in [4.69, 9.17) is 4.74 Å². The van der Waals surface area contributed by atoms with Crippen LogP contribution in [0.3, 0.4) is 0 Å². The quantitative estimate of drug-likeness (QED) is 0.355. The van der Waals surface area contributed by atoms with Gasteiger partial charge in [-0.1, -0.05) is 25.1 Å². The molecule has 10 nitrogen and oxygen atoms in total. The number of carbonyl (C=O) groups is 1. The Balaban J connectivity index is 1.58. The van der Waals surface area contributed by atoms with Gasteiger partial charge in [0.15, 0.2) is 5.65 Å². The van der Waals surface area contributed by atoms with Crippen molar-refractivity contribution in [3.63, 3.8) is 0 Å². The summed E-state index contributed by atoms with van der Waals surface area (Å²) in [4.78, 5) is 16.2. The predicted octanol–water partition coefficient (Wildman–Crippen LogP) is 4.20. The molecule has 2 atom stereocenters. The third-order valence-electron chi connectivity index (χ3n) is 7.36. The van der Waals surface area contributed by atoms with Crippen LogP contribution >= 0.6 is 0 Å². The molecule has 0 aliphatic carbocycles. The predicted molar refractivity (Wildman–Crippen MR) is 140 cm³/mol. The van der Waals surface area contributed by atoms with Crippen molar-refractivity contribution in [1.82, 2.24) is 23.9 Å². The van der Waals surface area contributed by atoms with Crippen LogP contribution < -0.4 is 4.74 Å². The SMILES string of the molecule is Cc1ccc(C(c2ccn3c(C(F)(F)F)nnc3c2C)C(C)C(=O)O)cc1CN1CCOc2ncccc2S1(=O)=O. The second-order valence-corrected chi connectivity index (χ2v) is 11.8. The standard InChI is InChI=1S/C27H26F3N5O5S/c1-15-6-7-18(13-19(15)14-34-11-12-40-24-21(41(34,38)39)5-4-9-31-24)22(17(3)25(36)37)20-8-10-35-23(16(20)2)32-33-26(35)27(28,29)30/h4-10,13,17,22H,11-12,14H2,1-3H3,(H,36,37). The second-order valence-electron chi connectivity index (χ2n) is 9.90. The molecule has 14 heteroatoms. The number of nitrogens with zero attached hydrogens (tertiary/aromatic N) is 5. The third kappa shape index (κ3) is 5.12. The lowest BCUT2D eigenvalue weighted by Crippen LogP contribution is -2.32. The number of aliphatic carboxylic acids is 1. The van der Waals surface area contributed by atoms with E-state index in [1.54, 1.807) is 25.1 Å². The van der Waals surface area contributed by atoms with E-state index in [1.807, 2.05) is 6.92 Å². The molecule has 3 aromatic heterocycles. The maximum absolute atomic E-state index is 13.5. The van der Waals surface area contributed by atoms with Gasteiger partial charge in [0.2, 0.25) is 21.7 Å². The van der Waals surface area contributed by atoms with Crippen LogP contribution in [0, 0.1) is 19.8 Å². The number of aryl methyl sites for hydroxylation is 2. The minimum absolute atomic E-state index is 0.00892. The minimum Gasteiger partial charge on any atom is -0.481 e. The first-order valence-electron chi connectivity index (χ1n) is 12.6. The minimum atomic E-state index is -4.72. The maximum Gasteiger partial charge on any atom is 0.452 e. The van der Waals surface area contributed by atoms with Gasteiger partial charge in [0, 0.05) is 31.4 Å². The molecule has 4 aromatic rings. The van der Waals surface area contributed by atoms with Crippen LogP contribution in [-0.4, -0.2) is 56.5 Å². The lowest BCUT2D eigenvalue weighted by Gasteiger charge is -2.26. The van der Waals surface area contributed by atoms with Crippen LogP contribution in [0.25, 0.3) is 5.65 Å². The molecule has 0 fully saturated rings. The van der Waals surface area contributed by atoms with E-state index in [-0.39, 0.29) is 36.1 Å². The third-order valence-corrected chi connectivity index (χ3v) is 9.22. The van der Waals surface area contributed by atoms with Crippen molar-refractivity contribution in [3.05, 3.63) is 82.4 Å². The monoisotopic (exact) mass is 589 g/mol. The number of rotatable bonds is 6. The molecular weight excluding hydrogens is 563 g/mol. The Bertz CT molecular complexity index is 1760. The molecule has 0 bridgehead atoms. The van der Waals surface area contributed by atoms with Crippen LogP contribution in [0.4, 0.5) is 13.2 Å². The Morgan fingerprint density at radius 2 is 1.93 bits per heavy atom. The fraction of sp³-hybridized carbons (Fsp3) is 0.333. The van der Waals surface area contributed by atoms with Crippen LogP contribution in [-0.2, 0) is 27.5 Å². The van der Waals surface area contributed by atoms with Crippen molar-refractivity contribution in [2.75, 3.05) is 13.2 Å². The van der Waals surface area contributed by atoms with E-state index in [0.29, 0.717) is 22.3 Å². The normalized spacial score (nSPS) is 16.9. The van der Waals surface area contributed by atoms with Gasteiger partial charge in [0.05, 0.1) is 5.92 Å². The van der Waals surface area contributed by atoms with Crippen LogP contribution in [0.2, 0.25) is 0 Å². The van der Waals surface area contributed by atoms with Gasteiger partial charge >= 0.3 is 12.1 Å². The van der Waals surface area contributed by atoms with Gasteiger partial charge in [-0.15, -0.1) is 10.2 Å². The summed E-state index contributed by atoms with van der Waals surface area (Å²) in [5, 5.41) is 17.0. The molecule has 0 saturated carbocycles. The molecule has 4 heterocycles. The number of aromatic nitrogens is 4. The highest BCUT2D eigenvalue weighted by Gasteiger charge is 2.38. The Hall–Kier alpha value is -4.04. The highest BCUT2D eigenvalue weighted by Crippen LogP contribution is 2.38. The lowest BCUT2D eigenvalue weighted by atomic mass is 9.79. The molecule has 1 aliphatic heterocycles. The van der Waals surface area contributed by atoms with Crippen molar-refractivity contribution in [3.8, 4) is 5.88 Å². The summed E-state index contributed by atoms with van der Waals surface area (Å²) in [6, 6.07) is 9.66. The number of halogens is 3. The van der Waals surface area contributed by atoms with E-state index in [1.165, 1.54) is 41.8 Å². The molecule has 1 N–H and O–H groups in total. The number of benzene rings is 1. The molecule has 1 aliphatic rings. The maximum atomic E-state index is 13.5. The number of fused-ring (bicyclic) bond motifs is 2. The van der Waals surface area contributed by atoms with Crippen LogP contribution in [0.1, 0.15) is 46.5 Å². The topological polar surface area (TPSA) is 127 Å². The van der Waals surface area contributed by atoms with E-state index < -0.39 is 39.8 Å². The first kappa shape index (κ1) is 28.5. The van der Waals surface area contributed by atoms with E-state index in [2.05, 4.69) is 15.2 Å². The van der Waals surface area contributed by atoms with Crippen molar-refractivity contribution < 1.29 is 36.2 Å². The lowest BCUT2D eigenvalue weighted by molar-refractivity contribution is -0.145. The molecule has 41 heavy (non-hydrogen) atoms. The number of ether oxygens (including phenoxy) is 1. The van der Waals surface area contributed by atoms with Crippen LogP contribution in [0.15, 0.2) is 53.7 Å². The molecule has 0 radical (unpaired) electrons. The highest BCUT2D eigenvalue weighted by molar-refractivity contribution is 7.89. The molecule has 2 unspecified atom stereocenters. The van der Waals surface area contributed by atoms with Crippen molar-refractivity contribution in [2.45, 2.75) is 44.3 Å². The average molecular weight is 590 g/mol. The van der Waals surface area contributed by atoms with Gasteiger partial charge in [0.25, 0.3) is 0 Å². The first-order chi connectivity index (χ1) is 19.3. The largest absolute Gasteiger partial charge is 0.481 e. The summed E-state index contributed by atoms with van der Waals surface area (Å²) in [6.07, 6.45) is -2.08. The number of sulfonamides is 1. The second kappa shape index (κ2) is 10.4. The Labute approximate surface area is 233 Å². The van der Waals surface area contributed by atoms with Crippen molar-refractivity contribution >= 4 is 21.6 Å². The highest BCUT2D eigenvalue weighted by atomic mass is 32.2. The summed E-state index contributed by atoms with van der Waals surface area (Å²) >= 11 is 0. The number of hydrogen-bond donors (Lipinski definition) is 1. The van der Waals surface area contributed by atoms with Crippen molar-refractivity contribution in [2.24, 2.45) is 5.92 Å². The number of pyridine rings is 2. The smallest absolute Gasteiger partial charge is 0.452 e. The summed E-state index contributed by atoms with van der Waals surface area (Å²) in [6.45, 7) is 5.06. The molecule has 0 saturated heterocycles. The molecule has 216 valence electrons. The first-order valence-corrected chi connectivity index (χ1v) is 14.1. The number of hydrogen-bond acceptors (Lipinski definition) is 7. The van der Waals surface area contributed by atoms with Gasteiger partial charge in [-0.05, 0) is 59.9 Å². The zero-order valence-electron chi connectivity index (χ0n) is 22.3. The molecule has 0 spiro atoms. The number of alkyl halides is 3. The van der Waals surface area contributed by atoms with Gasteiger partial charge in [-0.2, -0.15) is 17.5 Å². The van der Waals surface area contributed by atoms with Gasteiger partial charge < -0.3 is 9.84 Å². The summed E-state index contributed by atoms with van der Waals surface area (Å²) in [5.74, 6) is -4.02. The molecule has 1 aromatic carbocycles. The Morgan fingerprint density at radius 1 is 1.17 bits per heavy atom. The van der Waals surface area contributed by atoms with E-state index >= 15 is 0 Å². The number of carboxylic acid groups (broad SMARTS) is 1. The summed E-state index contributed by atoms with van der Waals surface area (Å²) in [5.41, 5.74) is 2.77. The molecular formula is C27H26F3N5O5S. The Kier molecular flexibility index (Phi) is 7.24. The van der Waals surface area contributed by atoms with Gasteiger partial charge in [-0.3, -0.25) is 9.20 Å². The fourth-order valence-corrected chi connectivity index (χ4v) is 6.59. The average Bonchev–Trinajstić information content (AvgIpc) is 3.32. The summed E-state index contributed by atoms with van der Waals surface area (Å²) in [7, 11) is -3.95. The fourth-order valence-electron chi connectivity index (χ4n) is 5.10. The van der Waals surface area contributed by atoms with Crippen molar-refractivity contribution in [1.29, 1.82) is 0 Å². The number of carboxylic acids is 1.